The van der Waals surface area contributed by atoms with E-state index in [0.717, 1.165) is 0 Å². The number of rotatable bonds is 4. The topological polar surface area (TPSA) is 70.0 Å². The lowest BCUT2D eigenvalue weighted by atomic mass is 10.4. The maximum Gasteiger partial charge on any atom is 0.519 e. The average Bonchev–Trinajstić information content (AvgIpc) is 2.41. The van der Waals surface area contributed by atoms with Crippen LogP contribution < -0.4 is 0 Å². The monoisotopic (exact) mass is 243 g/mol. The molecule has 0 aromatic carbocycles. The number of carbonyl (C=O) groups excluding carboxylic acids is 1. The van der Waals surface area contributed by atoms with Crippen LogP contribution in [0.3, 0.4) is 0 Å². The number of hydrogen-bond acceptors (Lipinski definition) is 4. The van der Waals surface area contributed by atoms with Gasteiger partial charge in [0.1, 0.15) is 0 Å². The second kappa shape index (κ2) is 5.40. The minimum atomic E-state index is -3.82. The summed E-state index contributed by atoms with van der Waals surface area (Å²) in [6.45, 7) is 3.85. The molecule has 16 heavy (non-hydrogen) atoms. The predicted molar refractivity (Wildman–Crippen MR) is 61.3 cm³/mol. The molecule has 90 valence electrons. The molecular formula is C10H17NO4Si. The summed E-state index contributed by atoms with van der Waals surface area (Å²) in [7, 11) is -3.82. The average molecular weight is 243 g/mol. The van der Waals surface area contributed by atoms with Crippen molar-refractivity contribution < 1.29 is 18.8 Å². The summed E-state index contributed by atoms with van der Waals surface area (Å²) in [5.41, 5.74) is -0.702. The van der Waals surface area contributed by atoms with Crippen LogP contribution in [0.5, 0.6) is 0 Å². The van der Waals surface area contributed by atoms with Crippen LogP contribution in [0.1, 0.15) is 13.8 Å². The van der Waals surface area contributed by atoms with Crippen molar-refractivity contribution in [2.75, 3.05) is 13.2 Å². The summed E-state index contributed by atoms with van der Waals surface area (Å²) in [4.78, 5) is 32.6. The molecule has 1 atom stereocenters. The number of nitrogens with zero attached hydrogens (tertiary/aromatic N) is 1. The lowest BCUT2D eigenvalue weighted by molar-refractivity contribution is -0.127. The molecule has 1 rings (SSSR count). The Balaban J connectivity index is 2.79. The molecule has 2 N–H and O–H groups in total. The van der Waals surface area contributed by atoms with Crippen LogP contribution >= 0.6 is 0 Å². The summed E-state index contributed by atoms with van der Waals surface area (Å²) in [5, 5.41) is 0. The van der Waals surface area contributed by atoms with E-state index in [1.807, 2.05) is 0 Å². The molecule has 0 bridgehead atoms. The molecule has 0 spiro atoms. The highest BCUT2D eigenvalue weighted by atomic mass is 28.4. The second-order valence-corrected chi connectivity index (χ2v) is 5.99. The fourth-order valence-electron chi connectivity index (χ4n) is 1.46. The molecule has 0 aromatic rings. The van der Waals surface area contributed by atoms with Crippen molar-refractivity contribution in [1.82, 2.24) is 4.90 Å². The molecule has 1 amide bonds. The van der Waals surface area contributed by atoms with Crippen molar-refractivity contribution in [3.63, 3.8) is 0 Å². The van der Waals surface area contributed by atoms with Gasteiger partial charge in [-0.3, -0.25) is 4.79 Å². The lowest BCUT2D eigenvalue weighted by Gasteiger charge is -2.32. The van der Waals surface area contributed by atoms with E-state index in [1.165, 1.54) is 11.0 Å². The number of carbonyl (C=O) groups is 1. The van der Waals surface area contributed by atoms with Crippen molar-refractivity contribution in [1.29, 1.82) is 0 Å². The van der Waals surface area contributed by atoms with Gasteiger partial charge in [-0.15, -0.1) is 0 Å². The predicted octanol–water partition coefficient (Wildman–Crippen LogP) is -0.171. The van der Waals surface area contributed by atoms with Gasteiger partial charge in [-0.1, -0.05) is 18.2 Å². The maximum absolute atomic E-state index is 11.7. The Hall–Kier alpha value is -0.953. The van der Waals surface area contributed by atoms with Gasteiger partial charge in [-0.2, -0.15) is 0 Å². The largest absolute Gasteiger partial charge is 0.519 e. The van der Waals surface area contributed by atoms with E-state index >= 15 is 0 Å². The van der Waals surface area contributed by atoms with Crippen LogP contribution in [0.25, 0.3) is 0 Å². The lowest BCUT2D eigenvalue weighted by Crippen LogP contribution is -2.59. The zero-order valence-corrected chi connectivity index (χ0v) is 10.5. The van der Waals surface area contributed by atoms with Crippen LogP contribution in [0.2, 0.25) is 0 Å². The Kier molecular flexibility index (Phi) is 4.42. The number of hydrogen-bond donors (Lipinski definition) is 2. The Labute approximate surface area is 96.0 Å². The second-order valence-electron chi connectivity index (χ2n) is 3.55. The van der Waals surface area contributed by atoms with Crippen molar-refractivity contribution >= 4 is 14.7 Å². The molecular weight excluding hydrogens is 226 g/mol. The molecule has 1 heterocycles. The van der Waals surface area contributed by atoms with Crippen LogP contribution in [0, 0.1) is 0 Å². The van der Waals surface area contributed by atoms with Gasteiger partial charge in [0.05, 0.1) is 5.67 Å². The van der Waals surface area contributed by atoms with Gasteiger partial charge in [0.2, 0.25) is 5.91 Å². The third-order valence-electron chi connectivity index (χ3n) is 2.44. The molecule has 0 radical (unpaired) electrons. The van der Waals surface area contributed by atoms with Crippen LogP contribution in [0.4, 0.5) is 0 Å². The summed E-state index contributed by atoms with van der Waals surface area (Å²) in [5.74, 6) is -0.239. The highest BCUT2D eigenvalue weighted by Crippen LogP contribution is 2.13. The van der Waals surface area contributed by atoms with Crippen LogP contribution in [-0.4, -0.2) is 48.0 Å². The summed E-state index contributed by atoms with van der Waals surface area (Å²) < 4.78 is 4.94. The molecule has 1 unspecified atom stereocenters. The van der Waals surface area contributed by atoms with E-state index in [2.05, 4.69) is 0 Å². The summed E-state index contributed by atoms with van der Waals surface area (Å²) in [6, 6.07) is 0. The van der Waals surface area contributed by atoms with Crippen molar-refractivity contribution in [2.45, 2.75) is 19.5 Å². The fraction of sp³-hybridized carbons (Fsp3) is 0.500. The van der Waals surface area contributed by atoms with E-state index in [1.54, 1.807) is 32.1 Å². The number of allylic oxidation sites excluding steroid dienone is 2. The van der Waals surface area contributed by atoms with Crippen molar-refractivity contribution in [3.05, 3.63) is 24.3 Å². The summed E-state index contributed by atoms with van der Waals surface area (Å²) >= 11 is 0. The molecule has 0 saturated heterocycles. The molecule has 5 nitrogen and oxygen atoms in total. The van der Waals surface area contributed by atoms with E-state index in [0.29, 0.717) is 6.54 Å². The third kappa shape index (κ3) is 3.02. The standard InChI is InChI=1S/C10H17NO4Si/c1-3-15-16(13,14)9(2)11-8-6-4-5-7-10(11)12/h4-7,9,13-14H,3,8H2,1-2H3. The fourth-order valence-corrected chi connectivity index (χ4v) is 2.77. The van der Waals surface area contributed by atoms with E-state index in [-0.39, 0.29) is 12.5 Å². The van der Waals surface area contributed by atoms with Gasteiger partial charge in [0, 0.05) is 19.2 Å². The first-order valence-electron chi connectivity index (χ1n) is 5.21. The Morgan fingerprint density at radius 1 is 1.56 bits per heavy atom. The van der Waals surface area contributed by atoms with E-state index in [4.69, 9.17) is 4.43 Å². The first-order valence-corrected chi connectivity index (χ1v) is 7.09. The van der Waals surface area contributed by atoms with Gasteiger partial charge in [0.25, 0.3) is 0 Å². The van der Waals surface area contributed by atoms with Gasteiger partial charge in [-0.25, -0.2) is 0 Å². The zero-order valence-electron chi connectivity index (χ0n) is 9.46. The van der Waals surface area contributed by atoms with Crippen LogP contribution in [0.15, 0.2) is 24.3 Å². The molecule has 1 aliphatic rings. The SMILES string of the molecule is CCO[Si](O)(O)C(C)N1CC=CC=CC1=O. The zero-order chi connectivity index (χ0) is 12.2. The molecule has 1 aliphatic heterocycles. The normalized spacial score (nSPS) is 18.8. The molecule has 0 aliphatic carbocycles. The first kappa shape index (κ1) is 13.1. The molecule has 0 aromatic heterocycles. The minimum Gasteiger partial charge on any atom is -0.389 e. The van der Waals surface area contributed by atoms with E-state index < -0.39 is 14.5 Å². The highest BCUT2D eigenvalue weighted by molar-refractivity contribution is 6.59. The molecule has 6 heteroatoms. The molecule has 0 fully saturated rings. The highest BCUT2D eigenvalue weighted by Gasteiger charge is 2.44. The Morgan fingerprint density at radius 3 is 2.88 bits per heavy atom. The van der Waals surface area contributed by atoms with Gasteiger partial charge >= 0.3 is 8.80 Å². The minimum absolute atomic E-state index is 0.220. The maximum atomic E-state index is 11.7. The Morgan fingerprint density at radius 2 is 2.25 bits per heavy atom. The quantitative estimate of drug-likeness (QED) is 0.673. The Bertz CT molecular complexity index is 314. The number of amides is 1. The van der Waals surface area contributed by atoms with Crippen molar-refractivity contribution in [3.8, 4) is 0 Å². The van der Waals surface area contributed by atoms with Gasteiger partial charge in [-0.05, 0) is 13.8 Å². The van der Waals surface area contributed by atoms with Gasteiger partial charge in [0.15, 0.2) is 0 Å². The summed E-state index contributed by atoms with van der Waals surface area (Å²) in [6.07, 6.45) is 6.57. The molecule has 0 saturated carbocycles. The van der Waals surface area contributed by atoms with E-state index in [9.17, 15) is 14.4 Å². The smallest absolute Gasteiger partial charge is 0.389 e. The van der Waals surface area contributed by atoms with Gasteiger partial charge < -0.3 is 18.9 Å². The third-order valence-corrected chi connectivity index (χ3v) is 4.55. The van der Waals surface area contributed by atoms with Crippen molar-refractivity contribution in [2.24, 2.45) is 0 Å². The first-order chi connectivity index (χ1) is 7.49. The van der Waals surface area contributed by atoms with Crippen LogP contribution in [-0.2, 0) is 9.22 Å².